The summed E-state index contributed by atoms with van der Waals surface area (Å²) in [6, 6.07) is 21.7. The first-order valence-corrected chi connectivity index (χ1v) is 12.8. The van der Waals surface area contributed by atoms with Crippen LogP contribution in [0.5, 0.6) is 5.75 Å². The van der Waals surface area contributed by atoms with Crippen molar-refractivity contribution in [2.45, 2.75) is 19.0 Å². The molecule has 0 bridgehead atoms. The molecule has 8 heteroatoms. The summed E-state index contributed by atoms with van der Waals surface area (Å²) in [6.45, 7) is 4.80. The molecule has 3 aromatic rings. The summed E-state index contributed by atoms with van der Waals surface area (Å²) >= 11 is 12.9. The van der Waals surface area contributed by atoms with E-state index in [1.54, 1.807) is 13.1 Å². The predicted octanol–water partition coefficient (Wildman–Crippen LogP) is 5.35. The van der Waals surface area contributed by atoms with Gasteiger partial charge < -0.3 is 20.1 Å². The van der Waals surface area contributed by atoms with E-state index in [-0.39, 0.29) is 31.2 Å². The Morgan fingerprint density at radius 1 is 1.08 bits per heavy atom. The van der Waals surface area contributed by atoms with E-state index in [1.165, 1.54) is 0 Å². The van der Waals surface area contributed by atoms with Crippen molar-refractivity contribution in [1.82, 2.24) is 10.2 Å². The molecule has 0 radical (unpaired) electrons. The van der Waals surface area contributed by atoms with Crippen molar-refractivity contribution in [2.75, 3.05) is 44.8 Å². The second-order valence-electron chi connectivity index (χ2n) is 8.82. The molecular weight excluding hydrogens is 497 g/mol. The van der Waals surface area contributed by atoms with Crippen molar-refractivity contribution in [1.29, 1.82) is 0 Å². The number of ether oxygens (including phenoxy) is 1. The highest BCUT2D eigenvalue weighted by atomic mass is 35.5. The molecule has 6 nitrogen and oxygen atoms in total. The van der Waals surface area contributed by atoms with Crippen molar-refractivity contribution in [3.63, 3.8) is 0 Å². The smallest absolute Gasteiger partial charge is 0.251 e. The first kappa shape index (κ1) is 26.3. The van der Waals surface area contributed by atoms with Gasteiger partial charge in [-0.25, -0.2) is 0 Å². The Morgan fingerprint density at radius 3 is 2.44 bits per heavy atom. The third kappa shape index (κ3) is 5.95. The minimum Gasteiger partial charge on any atom is -0.491 e. The number of halogens is 2. The van der Waals surface area contributed by atoms with Crippen LogP contribution >= 0.6 is 23.2 Å². The average Bonchev–Trinajstić information content (AvgIpc) is 2.91. The van der Waals surface area contributed by atoms with Crippen LogP contribution < -0.4 is 15.0 Å². The van der Waals surface area contributed by atoms with Crippen LogP contribution in [0.25, 0.3) is 0 Å². The lowest BCUT2D eigenvalue weighted by Crippen LogP contribution is -2.49. The van der Waals surface area contributed by atoms with Crippen LogP contribution in [-0.4, -0.2) is 55.8 Å². The molecule has 36 heavy (non-hydrogen) atoms. The van der Waals surface area contributed by atoms with Crippen LogP contribution in [-0.2, 0) is 0 Å². The van der Waals surface area contributed by atoms with Gasteiger partial charge in [-0.2, -0.15) is 0 Å². The van der Waals surface area contributed by atoms with Gasteiger partial charge in [0.05, 0.1) is 23.4 Å². The number of aliphatic hydroxyl groups excluding tert-OH is 1. The lowest BCUT2D eigenvalue weighted by atomic mass is 9.98. The number of rotatable bonds is 8. The van der Waals surface area contributed by atoms with Crippen molar-refractivity contribution in [3.05, 3.63) is 93.5 Å². The normalized spacial score (nSPS) is 17.0. The molecule has 3 aromatic carbocycles. The molecule has 2 N–H and O–H groups in total. The van der Waals surface area contributed by atoms with Crippen LogP contribution in [0.2, 0.25) is 10.0 Å². The molecule has 1 aliphatic rings. The van der Waals surface area contributed by atoms with E-state index in [0.29, 0.717) is 21.4 Å². The van der Waals surface area contributed by atoms with E-state index in [4.69, 9.17) is 33.0 Å². The molecule has 1 amide bonds. The predicted molar refractivity (Wildman–Crippen MR) is 145 cm³/mol. The van der Waals surface area contributed by atoms with Gasteiger partial charge in [0.1, 0.15) is 12.4 Å². The topological polar surface area (TPSA) is 65.0 Å². The molecule has 1 unspecified atom stereocenters. The quantitative estimate of drug-likeness (QED) is 0.413. The number of nitrogens with one attached hydrogen (secondary N) is 1. The number of hydrogen-bond donors (Lipinski definition) is 2. The molecule has 2 atom stereocenters. The number of carbonyl (C=O) groups excluding carboxylic acids is 1. The molecule has 0 spiro atoms. The van der Waals surface area contributed by atoms with Crippen molar-refractivity contribution in [3.8, 4) is 5.75 Å². The fourth-order valence-corrected chi connectivity index (χ4v) is 5.06. The number of benzene rings is 3. The monoisotopic (exact) mass is 527 g/mol. The summed E-state index contributed by atoms with van der Waals surface area (Å²) in [4.78, 5) is 16.7. The van der Waals surface area contributed by atoms with Crippen molar-refractivity contribution < 1.29 is 14.6 Å². The highest BCUT2D eigenvalue weighted by Gasteiger charge is 2.32. The summed E-state index contributed by atoms with van der Waals surface area (Å²) in [5.41, 5.74) is 3.91. The minimum absolute atomic E-state index is 0.0489. The number of hydrogen-bond acceptors (Lipinski definition) is 5. The van der Waals surface area contributed by atoms with Gasteiger partial charge in [0.2, 0.25) is 0 Å². The Morgan fingerprint density at radius 2 is 1.81 bits per heavy atom. The maximum Gasteiger partial charge on any atom is 0.251 e. The minimum atomic E-state index is -0.0877. The lowest BCUT2D eigenvalue weighted by molar-refractivity contribution is 0.0963. The first-order chi connectivity index (χ1) is 17.4. The van der Waals surface area contributed by atoms with Gasteiger partial charge in [0.15, 0.2) is 0 Å². The zero-order valence-corrected chi connectivity index (χ0v) is 22.0. The second-order valence-corrected chi connectivity index (χ2v) is 9.66. The molecule has 1 fully saturated rings. The number of carbonyl (C=O) groups is 1. The zero-order valence-electron chi connectivity index (χ0n) is 20.5. The number of aliphatic hydroxyl groups is 1. The van der Waals surface area contributed by atoms with Gasteiger partial charge in [-0.3, -0.25) is 9.69 Å². The number of amides is 1. The lowest BCUT2D eigenvalue weighted by Gasteiger charge is -2.45. The Balaban J connectivity index is 1.59. The van der Waals surface area contributed by atoms with Gasteiger partial charge >= 0.3 is 0 Å². The van der Waals surface area contributed by atoms with E-state index < -0.39 is 0 Å². The fourth-order valence-electron chi connectivity index (χ4n) is 4.66. The van der Waals surface area contributed by atoms with Gasteiger partial charge in [-0.15, -0.1) is 0 Å². The fraction of sp³-hybridized carbons (Fsp3) is 0.321. The standard InChI is InChI=1S/C28H31Cl2N3O3/c1-19(20-3-5-22(6-4-20)28(35)31-2)32-13-14-33(27(18-32)21-7-9-23(29)10-8-21)26-12-11-24(17-25(26)30)36-16-15-34/h3-12,17,19,27,34H,13-16,18H2,1-2H3,(H,31,35)/t19-,27?/m1/s1. The maximum absolute atomic E-state index is 11.9. The molecule has 190 valence electrons. The second kappa shape index (κ2) is 12.0. The van der Waals surface area contributed by atoms with Crippen molar-refractivity contribution in [2.24, 2.45) is 0 Å². The number of nitrogens with zero attached hydrogens (tertiary/aromatic N) is 2. The molecule has 1 heterocycles. The van der Waals surface area contributed by atoms with Gasteiger partial charge in [-0.05, 0) is 54.4 Å². The van der Waals surface area contributed by atoms with Crippen LogP contribution in [0.3, 0.4) is 0 Å². The molecule has 4 rings (SSSR count). The summed E-state index contributed by atoms with van der Waals surface area (Å²) in [5.74, 6) is 0.545. The Labute approximate surface area is 222 Å². The molecule has 1 aliphatic heterocycles. The Kier molecular flexibility index (Phi) is 8.75. The van der Waals surface area contributed by atoms with Crippen molar-refractivity contribution >= 4 is 34.8 Å². The molecule has 0 aliphatic carbocycles. The average molecular weight is 528 g/mol. The zero-order chi connectivity index (χ0) is 25.7. The van der Waals surface area contributed by atoms with Crippen LogP contribution in [0.4, 0.5) is 5.69 Å². The molecule has 0 saturated carbocycles. The summed E-state index contributed by atoms with van der Waals surface area (Å²) in [7, 11) is 1.64. The highest BCUT2D eigenvalue weighted by Crippen LogP contribution is 2.39. The third-order valence-electron chi connectivity index (χ3n) is 6.69. The number of piperazine rings is 1. The Hall–Kier alpha value is -2.77. The Bertz CT molecular complexity index is 1170. The summed E-state index contributed by atoms with van der Waals surface area (Å²) < 4.78 is 5.53. The van der Waals surface area contributed by atoms with E-state index in [2.05, 4.69) is 34.2 Å². The van der Waals surface area contributed by atoms with E-state index in [9.17, 15) is 4.79 Å². The van der Waals surface area contributed by atoms with E-state index in [1.807, 2.05) is 48.5 Å². The van der Waals surface area contributed by atoms with Crippen LogP contribution in [0.15, 0.2) is 66.7 Å². The molecule has 0 aromatic heterocycles. The summed E-state index contributed by atoms with van der Waals surface area (Å²) in [5, 5.41) is 13.0. The van der Waals surface area contributed by atoms with E-state index in [0.717, 1.165) is 36.4 Å². The molecule has 1 saturated heterocycles. The number of anilines is 1. The highest BCUT2D eigenvalue weighted by molar-refractivity contribution is 6.33. The van der Waals surface area contributed by atoms with Gasteiger partial charge in [0, 0.05) is 49.4 Å². The molecular formula is C28H31Cl2N3O3. The summed E-state index contributed by atoms with van der Waals surface area (Å²) in [6.07, 6.45) is 0. The SMILES string of the molecule is CNC(=O)c1ccc([C@@H](C)N2CCN(c3ccc(OCCO)cc3Cl)C(c3ccc(Cl)cc3)C2)cc1. The van der Waals surface area contributed by atoms with Gasteiger partial charge in [0.25, 0.3) is 5.91 Å². The van der Waals surface area contributed by atoms with Gasteiger partial charge in [-0.1, -0.05) is 47.5 Å². The third-order valence-corrected chi connectivity index (χ3v) is 7.24. The maximum atomic E-state index is 11.9. The van der Waals surface area contributed by atoms with Crippen LogP contribution in [0, 0.1) is 0 Å². The largest absolute Gasteiger partial charge is 0.491 e. The first-order valence-electron chi connectivity index (χ1n) is 12.0. The van der Waals surface area contributed by atoms with Crippen LogP contribution in [0.1, 0.15) is 40.5 Å². The van der Waals surface area contributed by atoms with E-state index >= 15 is 0 Å².